The molecule has 1 aromatic heterocycles. The highest BCUT2D eigenvalue weighted by atomic mass is 35.5. The maximum atomic E-state index is 10.7. The first-order valence-electron chi connectivity index (χ1n) is 8.24. The Morgan fingerprint density at radius 3 is 2.71 bits per heavy atom. The lowest BCUT2D eigenvalue weighted by atomic mass is 9.87. The topological polar surface area (TPSA) is 36.4 Å². The number of aromatic nitrogens is 1. The van der Waals surface area contributed by atoms with E-state index in [1.54, 1.807) is 0 Å². The molecule has 0 amide bonds. The Balaban J connectivity index is 1.63. The van der Waals surface area contributed by atoms with Crippen LogP contribution in [0, 0.1) is 0 Å². The molecule has 3 aromatic rings. The maximum absolute atomic E-state index is 10.7. The number of anilines is 1. The number of fused-ring (bicyclic) bond motifs is 1. The molecule has 0 bridgehead atoms. The number of aliphatic hydroxyl groups excluding tert-OH is 1. The Labute approximate surface area is 146 Å². The first kappa shape index (κ1) is 15.4. The van der Waals surface area contributed by atoms with E-state index in [1.165, 1.54) is 5.56 Å². The van der Waals surface area contributed by atoms with Crippen molar-refractivity contribution in [2.45, 2.75) is 18.4 Å². The minimum Gasteiger partial charge on any atom is -0.391 e. The number of aliphatic hydroxyl groups is 1. The molecule has 1 saturated heterocycles. The second-order valence-corrected chi connectivity index (χ2v) is 6.75. The Bertz CT molecular complexity index is 853. The number of piperidine rings is 1. The zero-order valence-corrected chi connectivity index (χ0v) is 14.0. The van der Waals surface area contributed by atoms with Crippen molar-refractivity contribution in [1.82, 2.24) is 4.98 Å². The highest BCUT2D eigenvalue weighted by Gasteiger charge is 2.29. The first-order valence-corrected chi connectivity index (χ1v) is 8.62. The summed E-state index contributed by atoms with van der Waals surface area (Å²) >= 11 is 6.17. The average Bonchev–Trinajstić information content (AvgIpc) is 2.62. The van der Waals surface area contributed by atoms with Crippen molar-refractivity contribution in [3.05, 3.63) is 71.4 Å². The number of nitrogens with zero attached hydrogens (tertiary/aromatic N) is 2. The molecule has 1 fully saturated rings. The predicted octanol–water partition coefficient (Wildman–Crippen LogP) is 4.24. The molecule has 0 saturated carbocycles. The lowest BCUT2D eigenvalue weighted by Crippen LogP contribution is -2.42. The molecule has 24 heavy (non-hydrogen) atoms. The number of halogens is 1. The van der Waals surface area contributed by atoms with Crippen LogP contribution in [0.15, 0.2) is 60.8 Å². The van der Waals surface area contributed by atoms with Gasteiger partial charge in [0.05, 0.1) is 11.6 Å². The molecule has 4 heteroatoms. The van der Waals surface area contributed by atoms with Crippen LogP contribution in [-0.2, 0) is 0 Å². The summed E-state index contributed by atoms with van der Waals surface area (Å²) in [6.45, 7) is 1.52. The Morgan fingerprint density at radius 1 is 1.08 bits per heavy atom. The summed E-state index contributed by atoms with van der Waals surface area (Å²) in [5.41, 5.74) is 3.23. The van der Waals surface area contributed by atoms with Gasteiger partial charge in [-0.2, -0.15) is 0 Å². The van der Waals surface area contributed by atoms with Gasteiger partial charge in [-0.3, -0.25) is 4.98 Å². The van der Waals surface area contributed by atoms with Crippen LogP contribution in [0.1, 0.15) is 17.9 Å². The molecule has 1 N–H and O–H groups in total. The van der Waals surface area contributed by atoms with E-state index in [4.69, 9.17) is 11.6 Å². The molecule has 2 aromatic carbocycles. The second kappa shape index (κ2) is 6.42. The van der Waals surface area contributed by atoms with Crippen LogP contribution in [0.2, 0.25) is 5.02 Å². The van der Waals surface area contributed by atoms with Gasteiger partial charge >= 0.3 is 0 Å². The van der Waals surface area contributed by atoms with Crippen molar-refractivity contribution in [2.75, 3.05) is 18.0 Å². The molecule has 0 radical (unpaired) electrons. The van der Waals surface area contributed by atoms with Crippen LogP contribution < -0.4 is 4.90 Å². The van der Waals surface area contributed by atoms with E-state index in [-0.39, 0.29) is 12.0 Å². The van der Waals surface area contributed by atoms with E-state index in [0.717, 1.165) is 29.6 Å². The van der Waals surface area contributed by atoms with E-state index in [2.05, 4.69) is 22.0 Å². The van der Waals surface area contributed by atoms with Crippen LogP contribution in [0.3, 0.4) is 0 Å². The van der Waals surface area contributed by atoms with Crippen molar-refractivity contribution >= 4 is 28.2 Å². The number of β-amino-alcohol motifs (C(OH)–C–C–N with tert-alkyl or cyclic N) is 1. The summed E-state index contributed by atoms with van der Waals surface area (Å²) in [6, 6.07) is 18.0. The quantitative estimate of drug-likeness (QED) is 0.759. The van der Waals surface area contributed by atoms with Crippen molar-refractivity contribution in [1.29, 1.82) is 0 Å². The van der Waals surface area contributed by atoms with Crippen molar-refractivity contribution in [3.63, 3.8) is 0 Å². The van der Waals surface area contributed by atoms with E-state index >= 15 is 0 Å². The van der Waals surface area contributed by atoms with Gasteiger partial charge in [0, 0.05) is 41.3 Å². The maximum Gasteiger partial charge on any atom is 0.0784 e. The van der Waals surface area contributed by atoms with Gasteiger partial charge in [0.1, 0.15) is 0 Å². The van der Waals surface area contributed by atoms with Crippen LogP contribution in [0.4, 0.5) is 5.69 Å². The number of rotatable bonds is 2. The Hall–Kier alpha value is -2.10. The van der Waals surface area contributed by atoms with Crippen LogP contribution in [0.5, 0.6) is 0 Å². The van der Waals surface area contributed by atoms with Crippen LogP contribution >= 0.6 is 11.6 Å². The third kappa shape index (κ3) is 2.85. The number of hydrogen-bond donors (Lipinski definition) is 1. The zero-order chi connectivity index (χ0) is 16.5. The van der Waals surface area contributed by atoms with Gasteiger partial charge < -0.3 is 10.0 Å². The molecule has 2 heterocycles. The standard InChI is InChI=1S/C20H19ClN2O/c21-15-6-7-18-17(12-15)19(8-10-22-18)23-11-9-16(20(24)13-23)14-4-2-1-3-5-14/h1-8,10,12,16,20,24H,9,11,13H2/t16-,20+/m0/s1. The molecule has 0 aliphatic carbocycles. The van der Waals surface area contributed by atoms with Gasteiger partial charge in [0.15, 0.2) is 0 Å². The van der Waals surface area contributed by atoms with Gasteiger partial charge in [-0.15, -0.1) is 0 Å². The fourth-order valence-electron chi connectivity index (χ4n) is 3.62. The lowest BCUT2D eigenvalue weighted by molar-refractivity contribution is 0.130. The highest BCUT2D eigenvalue weighted by Crippen LogP contribution is 2.34. The molecule has 0 unspecified atom stereocenters. The zero-order valence-electron chi connectivity index (χ0n) is 13.3. The molecular formula is C20H19ClN2O. The molecule has 122 valence electrons. The Kier molecular flexibility index (Phi) is 4.13. The first-order chi connectivity index (χ1) is 11.7. The normalized spacial score (nSPS) is 21.2. The van der Waals surface area contributed by atoms with E-state index < -0.39 is 0 Å². The summed E-state index contributed by atoms with van der Waals surface area (Å²) in [7, 11) is 0. The molecule has 1 aliphatic rings. The number of pyridine rings is 1. The van der Waals surface area contributed by atoms with Gasteiger partial charge in [-0.1, -0.05) is 41.9 Å². The van der Waals surface area contributed by atoms with E-state index in [9.17, 15) is 5.11 Å². The smallest absolute Gasteiger partial charge is 0.0784 e. The molecule has 2 atom stereocenters. The minimum atomic E-state index is -0.386. The molecule has 3 nitrogen and oxygen atoms in total. The minimum absolute atomic E-state index is 0.194. The average molecular weight is 339 g/mol. The number of benzene rings is 2. The molecule has 4 rings (SSSR count). The third-order valence-corrected chi connectivity index (χ3v) is 5.07. The fourth-order valence-corrected chi connectivity index (χ4v) is 3.79. The van der Waals surface area contributed by atoms with Crippen molar-refractivity contribution in [3.8, 4) is 0 Å². The summed E-state index contributed by atoms with van der Waals surface area (Å²) in [4.78, 5) is 6.65. The largest absolute Gasteiger partial charge is 0.391 e. The summed E-state index contributed by atoms with van der Waals surface area (Å²) in [5, 5.41) is 12.4. The fraction of sp³-hybridized carbons (Fsp3) is 0.250. The van der Waals surface area contributed by atoms with E-state index in [0.29, 0.717) is 11.6 Å². The van der Waals surface area contributed by atoms with Gasteiger partial charge in [-0.25, -0.2) is 0 Å². The van der Waals surface area contributed by atoms with Crippen LogP contribution in [-0.4, -0.2) is 29.3 Å². The summed E-state index contributed by atoms with van der Waals surface area (Å²) in [6.07, 6.45) is 2.36. The van der Waals surface area contributed by atoms with Crippen LogP contribution in [0.25, 0.3) is 10.9 Å². The Morgan fingerprint density at radius 2 is 1.92 bits per heavy atom. The number of hydrogen-bond acceptors (Lipinski definition) is 3. The van der Waals surface area contributed by atoms with Gasteiger partial charge in [0.2, 0.25) is 0 Å². The second-order valence-electron chi connectivity index (χ2n) is 6.31. The van der Waals surface area contributed by atoms with Gasteiger partial charge in [-0.05, 0) is 36.2 Å². The molecule has 0 spiro atoms. The monoisotopic (exact) mass is 338 g/mol. The molecular weight excluding hydrogens is 320 g/mol. The van der Waals surface area contributed by atoms with Gasteiger partial charge in [0.25, 0.3) is 0 Å². The molecule has 1 aliphatic heterocycles. The van der Waals surface area contributed by atoms with Crippen molar-refractivity contribution < 1.29 is 5.11 Å². The summed E-state index contributed by atoms with van der Waals surface area (Å²) in [5.74, 6) is 0.194. The highest BCUT2D eigenvalue weighted by molar-refractivity contribution is 6.31. The lowest BCUT2D eigenvalue weighted by Gasteiger charge is -2.38. The predicted molar refractivity (Wildman–Crippen MR) is 98.8 cm³/mol. The third-order valence-electron chi connectivity index (χ3n) is 4.83. The van der Waals surface area contributed by atoms with Crippen molar-refractivity contribution in [2.24, 2.45) is 0 Å². The SMILES string of the molecule is O[C@@H]1CN(c2ccnc3ccc(Cl)cc23)CC[C@H]1c1ccccc1. The van der Waals surface area contributed by atoms with E-state index in [1.807, 2.05) is 48.7 Å². The summed E-state index contributed by atoms with van der Waals surface area (Å²) < 4.78 is 0.